The van der Waals surface area contributed by atoms with Gasteiger partial charge in [0.1, 0.15) is 73.2 Å². The molecular weight excluding hydrogens is 1340 g/mol. The first-order valence-corrected chi connectivity index (χ1v) is 32.0. The number of ether oxygens (including phenoxy) is 8. The second-order valence-corrected chi connectivity index (χ2v) is 24.3. The Balaban J connectivity index is 0.00000126. The van der Waals surface area contributed by atoms with Gasteiger partial charge in [-0.25, -0.2) is 0 Å². The molecule has 89 heavy (non-hydrogen) atoms. The Morgan fingerprint density at radius 3 is 0.719 bits per heavy atom. The summed E-state index contributed by atoms with van der Waals surface area (Å²) < 4.78 is 203. The van der Waals surface area contributed by atoms with Crippen molar-refractivity contribution in [1.29, 1.82) is 0 Å². The molecular formula is C36H84N10O38S5. The molecule has 48 nitrogen and oxygen atoms in total. The molecule has 4 aliphatic heterocycles. The zero-order valence-corrected chi connectivity index (χ0v) is 50.0. The van der Waals surface area contributed by atoms with Crippen molar-refractivity contribution >= 4 is 52.0 Å². The molecule has 4 saturated heterocycles. The third kappa shape index (κ3) is 34.0. The van der Waals surface area contributed by atoms with Gasteiger partial charge >= 0.3 is 52.0 Å². The monoisotopic (exact) mass is 1420 g/mol. The van der Waals surface area contributed by atoms with Crippen molar-refractivity contribution in [3.05, 3.63) is 0 Å². The van der Waals surface area contributed by atoms with Crippen LogP contribution in [0.5, 0.6) is 0 Å². The Hall–Kier alpha value is -1.77. The number of hydrogen-bond donors (Lipinski definition) is 30. The Labute approximate surface area is 507 Å². The van der Waals surface area contributed by atoms with Crippen molar-refractivity contribution in [3.63, 3.8) is 0 Å². The van der Waals surface area contributed by atoms with Crippen LogP contribution in [0.4, 0.5) is 0 Å². The van der Waals surface area contributed by atoms with Gasteiger partial charge in [-0.15, -0.1) is 0 Å². The van der Waals surface area contributed by atoms with E-state index in [0.29, 0.717) is 0 Å². The standard InChI is InChI=1S/2C18H37N5O9.5H2O4S/c2*19-3-9-8(25)2-7(22)17(29-9)31-15-5(20)1-6(21)16(14(15)28)32-18-13(27)11(23)12(26)10(4-24)30-18;5*1-5(2,3)4/h2*5-18,24-28H,1-4,19-23H2;5*(H2,1,2,3,4)/t2*5-,6+,7+,8-,9+,10+,11-,12+,13+,14-,15+,16?,17+,18+;;;;;/m00...../s1. The minimum absolute atomic E-state index is 0.0542. The van der Waals surface area contributed by atoms with E-state index in [-0.39, 0.29) is 38.8 Å². The fraction of sp³-hybridized carbons (Fsp3) is 1.00. The predicted octanol–water partition coefficient (Wildman–Crippen LogP) is -15.9. The third-order valence-electron chi connectivity index (χ3n) is 12.8. The van der Waals surface area contributed by atoms with E-state index in [1.165, 1.54) is 0 Å². The van der Waals surface area contributed by atoms with E-state index in [1.54, 1.807) is 0 Å². The zero-order valence-electron chi connectivity index (χ0n) is 45.9. The van der Waals surface area contributed by atoms with Crippen molar-refractivity contribution in [1.82, 2.24) is 0 Å². The number of hydrogen-bond acceptors (Lipinski definition) is 38. The molecule has 6 aliphatic rings. The average Bonchev–Trinajstić information content (AvgIpc) is 2.88. The summed E-state index contributed by atoms with van der Waals surface area (Å²) in [7, 11) is -23.3. The number of aliphatic hydroxyl groups excluding tert-OH is 10. The molecule has 6 fully saturated rings. The van der Waals surface area contributed by atoms with Crippen molar-refractivity contribution in [2.45, 2.75) is 197 Å². The third-order valence-corrected chi connectivity index (χ3v) is 12.8. The van der Waals surface area contributed by atoms with E-state index in [1.807, 2.05) is 0 Å². The second-order valence-electron chi connectivity index (χ2n) is 19.8. The van der Waals surface area contributed by atoms with Crippen LogP contribution in [0.2, 0.25) is 0 Å². The van der Waals surface area contributed by atoms with Gasteiger partial charge in [0.25, 0.3) is 0 Å². The SMILES string of the molecule is NC[C@H]1O[C@H](O[C@H]2[C@H](O)C(O[C@H]3O[C@H](CO)[C@@H](O)[C@H](N)[C@H]3O)[C@H](N)C[C@@H]2N)[C@H](N)C[C@@H]1O.NC[C@H]1O[C@H](O[C@H]2[C@H](O)C(O[C@H]3O[C@H](CO)[C@@H](O)[C@H](N)[C@H]3O)[C@H](N)C[C@@H]2N)[C@H](N)C[C@@H]1O.O=S(=O)(O)O.O=S(=O)(O)O.O=S(=O)(O)O.O=S(=O)(O)O.O=S(=O)(O)O. The summed E-state index contributed by atoms with van der Waals surface area (Å²) in [6.07, 6.45) is -21.5. The highest BCUT2D eigenvalue weighted by Crippen LogP contribution is 2.33. The van der Waals surface area contributed by atoms with Gasteiger partial charge in [-0.1, -0.05) is 0 Å². The summed E-state index contributed by atoms with van der Waals surface area (Å²) in [5, 5.41) is 101. The minimum Gasteiger partial charge on any atom is -0.394 e. The maximum absolute atomic E-state index is 11.0. The largest absolute Gasteiger partial charge is 0.394 e. The number of rotatable bonds is 12. The summed E-state index contributed by atoms with van der Waals surface area (Å²) in [6.45, 7) is -0.998. The molecule has 2 unspecified atom stereocenters. The Kier molecular flexibility index (Phi) is 37.3. The van der Waals surface area contributed by atoms with Crippen molar-refractivity contribution in [2.75, 3.05) is 26.3 Å². The van der Waals surface area contributed by atoms with Gasteiger partial charge in [0.15, 0.2) is 25.2 Å². The first-order valence-electron chi connectivity index (χ1n) is 25.0. The van der Waals surface area contributed by atoms with Crippen LogP contribution in [0.15, 0.2) is 0 Å². The van der Waals surface area contributed by atoms with Crippen LogP contribution in [-0.4, -0.2) is 336 Å². The van der Waals surface area contributed by atoms with E-state index in [9.17, 15) is 51.1 Å². The van der Waals surface area contributed by atoms with Gasteiger partial charge in [0, 0.05) is 37.3 Å². The molecule has 2 saturated carbocycles. The molecule has 40 N–H and O–H groups in total. The van der Waals surface area contributed by atoms with Crippen LogP contribution in [0.1, 0.15) is 25.7 Å². The summed E-state index contributed by atoms with van der Waals surface area (Å²) in [4.78, 5) is 0. The van der Waals surface area contributed by atoms with E-state index in [2.05, 4.69) is 0 Å². The lowest BCUT2D eigenvalue weighted by atomic mass is 9.84. The maximum atomic E-state index is 11.0. The Morgan fingerprint density at radius 1 is 0.315 bits per heavy atom. The Morgan fingerprint density at radius 2 is 0.517 bits per heavy atom. The molecule has 28 atom stereocenters. The number of aliphatic hydroxyl groups is 10. The molecule has 4 heterocycles. The van der Waals surface area contributed by atoms with E-state index < -0.39 is 236 Å². The lowest BCUT2D eigenvalue weighted by Crippen LogP contribution is -2.68. The lowest BCUT2D eigenvalue weighted by Gasteiger charge is -2.47. The van der Waals surface area contributed by atoms with Gasteiger partial charge in [0.2, 0.25) is 0 Å². The molecule has 0 amide bonds. The normalized spacial score (nSPS) is 41.1. The molecule has 53 heteroatoms. The first kappa shape index (κ1) is 87.2. The fourth-order valence-corrected chi connectivity index (χ4v) is 8.86. The quantitative estimate of drug-likeness (QED) is 0.0807. The highest BCUT2D eigenvalue weighted by atomic mass is 32.3. The second kappa shape index (κ2) is 38.1. The van der Waals surface area contributed by atoms with Crippen LogP contribution in [0, 0.1) is 0 Å². The topological polar surface area (TPSA) is 909 Å². The van der Waals surface area contributed by atoms with E-state index >= 15 is 0 Å². The minimum atomic E-state index is -4.67. The molecule has 0 aromatic heterocycles. The van der Waals surface area contributed by atoms with Crippen LogP contribution in [-0.2, 0) is 89.9 Å². The van der Waals surface area contributed by atoms with Crippen molar-refractivity contribution in [3.8, 4) is 0 Å². The van der Waals surface area contributed by atoms with E-state index in [4.69, 9.17) is 183 Å². The van der Waals surface area contributed by atoms with Crippen LogP contribution in [0.25, 0.3) is 0 Å². The summed E-state index contributed by atoms with van der Waals surface area (Å²) >= 11 is 0. The van der Waals surface area contributed by atoms with Gasteiger partial charge in [-0.2, -0.15) is 42.1 Å². The highest BCUT2D eigenvalue weighted by molar-refractivity contribution is 7.80. The van der Waals surface area contributed by atoms with Gasteiger partial charge in [-0.3, -0.25) is 45.5 Å². The predicted molar refractivity (Wildman–Crippen MR) is 288 cm³/mol. The Bertz CT molecular complexity index is 2310. The summed E-state index contributed by atoms with van der Waals surface area (Å²) in [6, 6.07) is -6.53. The van der Waals surface area contributed by atoms with Crippen LogP contribution >= 0.6 is 0 Å². The van der Waals surface area contributed by atoms with Gasteiger partial charge in [-0.05, 0) is 25.7 Å². The van der Waals surface area contributed by atoms with Gasteiger partial charge in [0.05, 0.1) is 61.8 Å². The molecule has 0 spiro atoms. The summed E-state index contributed by atoms with van der Waals surface area (Å²) in [5.74, 6) is 0. The molecule has 0 bridgehead atoms. The van der Waals surface area contributed by atoms with Crippen molar-refractivity contribution < 1.29 is 177 Å². The molecule has 536 valence electrons. The molecule has 0 aromatic rings. The van der Waals surface area contributed by atoms with Crippen molar-refractivity contribution in [2.24, 2.45) is 57.3 Å². The first-order chi connectivity index (χ1) is 40.2. The lowest BCUT2D eigenvalue weighted by molar-refractivity contribution is -0.314. The van der Waals surface area contributed by atoms with Gasteiger partial charge < -0.3 is 146 Å². The molecule has 0 radical (unpaired) electrons. The number of nitrogens with two attached hydrogens (primary N) is 10. The average molecular weight is 1430 g/mol. The molecule has 6 rings (SSSR count). The maximum Gasteiger partial charge on any atom is 0.394 e. The molecule has 2 aliphatic carbocycles. The zero-order chi connectivity index (χ0) is 70.0. The van der Waals surface area contributed by atoms with Crippen LogP contribution < -0.4 is 57.3 Å². The summed E-state index contributed by atoms with van der Waals surface area (Å²) in [5.41, 5.74) is 59.5. The van der Waals surface area contributed by atoms with Crippen LogP contribution in [0.3, 0.4) is 0 Å². The van der Waals surface area contributed by atoms with E-state index in [0.717, 1.165) is 0 Å². The molecule has 0 aromatic carbocycles. The fourth-order valence-electron chi connectivity index (χ4n) is 8.86. The smallest absolute Gasteiger partial charge is 0.394 e. The highest BCUT2D eigenvalue weighted by Gasteiger charge is 2.52.